The number of benzene rings is 1. The Hall–Kier alpha value is -1.58. The van der Waals surface area contributed by atoms with Crippen molar-refractivity contribution in [3.8, 4) is 0 Å². The summed E-state index contributed by atoms with van der Waals surface area (Å²) < 4.78 is 0. The summed E-state index contributed by atoms with van der Waals surface area (Å²) >= 11 is 6.23. The van der Waals surface area contributed by atoms with E-state index in [2.05, 4.69) is 35.5 Å². The number of amides is 1. The Kier molecular flexibility index (Phi) is 5.65. The first-order valence-corrected chi connectivity index (χ1v) is 9.48. The first-order valence-electron chi connectivity index (χ1n) is 9.10. The van der Waals surface area contributed by atoms with E-state index in [1.54, 1.807) is 6.07 Å². The number of carbonyl (C=O) groups is 1. The van der Waals surface area contributed by atoms with Gasteiger partial charge in [0.05, 0.1) is 10.6 Å². The van der Waals surface area contributed by atoms with E-state index >= 15 is 0 Å². The summed E-state index contributed by atoms with van der Waals surface area (Å²) in [5.74, 6) is -0.0765. The van der Waals surface area contributed by atoms with Crippen LogP contribution in [0.4, 0.5) is 0 Å². The summed E-state index contributed by atoms with van der Waals surface area (Å²) in [6.07, 6.45) is 11.2. The Bertz CT molecular complexity index is 700. The third-order valence-electron chi connectivity index (χ3n) is 5.51. The highest BCUT2D eigenvalue weighted by Gasteiger charge is 2.36. The van der Waals surface area contributed by atoms with E-state index in [0.29, 0.717) is 17.1 Å². The van der Waals surface area contributed by atoms with Crippen molar-refractivity contribution in [1.82, 2.24) is 10.2 Å². The highest BCUT2D eigenvalue weighted by Crippen LogP contribution is 2.40. The Morgan fingerprint density at radius 2 is 2.04 bits per heavy atom. The van der Waals surface area contributed by atoms with Gasteiger partial charge in [0.2, 0.25) is 0 Å². The summed E-state index contributed by atoms with van der Waals surface area (Å²) in [4.78, 5) is 15.1. The lowest BCUT2D eigenvalue weighted by atomic mass is 9.71. The minimum Gasteiger partial charge on any atom is -0.351 e. The number of nitrogens with zero attached hydrogens (tertiary/aromatic N) is 1. The summed E-state index contributed by atoms with van der Waals surface area (Å²) in [6.45, 7) is 4.77. The normalized spacial score (nSPS) is 20.2. The highest BCUT2D eigenvalue weighted by atomic mass is 35.5. The zero-order valence-electron chi connectivity index (χ0n) is 15.1. The number of carbonyl (C=O) groups excluding carboxylic acids is 1. The van der Waals surface area contributed by atoms with Gasteiger partial charge in [-0.15, -0.1) is 0 Å². The first-order chi connectivity index (χ1) is 12.0. The summed E-state index contributed by atoms with van der Waals surface area (Å²) in [7, 11) is 2.17. The van der Waals surface area contributed by atoms with Gasteiger partial charge in [-0.3, -0.25) is 4.79 Å². The predicted octanol–water partition coefficient (Wildman–Crippen LogP) is 4.37. The molecular weight excluding hydrogens is 332 g/mol. The number of rotatable bonds is 4. The molecule has 0 saturated carbocycles. The largest absolute Gasteiger partial charge is 0.351 e. The van der Waals surface area contributed by atoms with E-state index in [9.17, 15) is 4.79 Å². The fraction of sp³-hybridized carbons (Fsp3) is 0.476. The molecule has 1 aliphatic carbocycles. The SMILES string of the molecule is Cc1ccc(Cl)c(C(=O)NCC2(C3=CCCC=C3)CCN(C)CC2)c1. The fourth-order valence-electron chi connectivity index (χ4n) is 3.78. The molecule has 1 heterocycles. The van der Waals surface area contributed by atoms with Gasteiger partial charge in [0.25, 0.3) is 5.91 Å². The molecule has 1 N–H and O–H groups in total. The average molecular weight is 359 g/mol. The van der Waals surface area contributed by atoms with Crippen LogP contribution in [0.15, 0.2) is 42.0 Å². The number of aryl methyl sites for hydroxylation is 1. The monoisotopic (exact) mass is 358 g/mol. The smallest absolute Gasteiger partial charge is 0.252 e. The van der Waals surface area contributed by atoms with Crippen molar-refractivity contribution in [3.63, 3.8) is 0 Å². The predicted molar refractivity (Wildman–Crippen MR) is 104 cm³/mol. The molecule has 1 aromatic carbocycles. The van der Waals surface area contributed by atoms with Crippen LogP contribution in [0.1, 0.15) is 41.6 Å². The van der Waals surface area contributed by atoms with Crippen molar-refractivity contribution in [2.75, 3.05) is 26.7 Å². The maximum atomic E-state index is 12.7. The van der Waals surface area contributed by atoms with Gasteiger partial charge in [0.15, 0.2) is 0 Å². The molecule has 1 amide bonds. The summed E-state index contributed by atoms with van der Waals surface area (Å²) in [5.41, 5.74) is 3.04. The maximum absolute atomic E-state index is 12.7. The number of nitrogens with one attached hydrogen (secondary N) is 1. The standard InChI is InChI=1S/C21H27ClN2O/c1-16-8-9-19(22)18(14-16)20(25)23-15-21(10-12-24(2)13-11-21)17-6-4-3-5-7-17/h4,6-9,14H,3,5,10-13,15H2,1-2H3,(H,23,25). The third kappa shape index (κ3) is 4.16. The van der Waals surface area contributed by atoms with Gasteiger partial charge in [0, 0.05) is 12.0 Å². The molecule has 0 atom stereocenters. The van der Waals surface area contributed by atoms with Crippen molar-refractivity contribution in [3.05, 3.63) is 58.1 Å². The molecule has 4 heteroatoms. The van der Waals surface area contributed by atoms with Crippen LogP contribution in [-0.4, -0.2) is 37.5 Å². The minimum atomic E-state index is -0.0765. The van der Waals surface area contributed by atoms with Crippen LogP contribution in [0, 0.1) is 12.3 Å². The molecule has 134 valence electrons. The minimum absolute atomic E-state index is 0.0371. The maximum Gasteiger partial charge on any atom is 0.252 e. The molecule has 1 aromatic rings. The topological polar surface area (TPSA) is 32.3 Å². The van der Waals surface area contributed by atoms with Gasteiger partial charge in [-0.25, -0.2) is 0 Å². The fourth-order valence-corrected chi connectivity index (χ4v) is 3.98. The second kappa shape index (κ2) is 7.76. The summed E-state index contributed by atoms with van der Waals surface area (Å²) in [5, 5.41) is 3.68. The molecule has 3 rings (SSSR count). The molecule has 0 spiro atoms. The number of halogens is 1. The lowest BCUT2D eigenvalue weighted by molar-refractivity contribution is 0.0909. The Morgan fingerprint density at radius 3 is 2.72 bits per heavy atom. The summed E-state index contributed by atoms with van der Waals surface area (Å²) in [6, 6.07) is 5.58. The molecule has 25 heavy (non-hydrogen) atoms. The highest BCUT2D eigenvalue weighted by molar-refractivity contribution is 6.33. The number of piperidine rings is 1. The molecule has 1 aliphatic heterocycles. The average Bonchev–Trinajstić information content (AvgIpc) is 2.64. The van der Waals surface area contributed by atoms with E-state index < -0.39 is 0 Å². The van der Waals surface area contributed by atoms with E-state index in [0.717, 1.165) is 44.3 Å². The molecule has 1 fully saturated rings. The van der Waals surface area contributed by atoms with Gasteiger partial charge >= 0.3 is 0 Å². The molecular formula is C21H27ClN2O. The third-order valence-corrected chi connectivity index (χ3v) is 5.83. The Labute approximate surface area is 155 Å². The molecule has 1 saturated heterocycles. The zero-order chi connectivity index (χ0) is 17.9. The van der Waals surface area contributed by atoms with Gasteiger partial charge < -0.3 is 10.2 Å². The second-order valence-corrected chi connectivity index (χ2v) is 7.80. The molecule has 0 unspecified atom stereocenters. The van der Waals surface area contributed by atoms with E-state index in [1.807, 2.05) is 19.1 Å². The number of hydrogen-bond acceptors (Lipinski definition) is 2. The van der Waals surface area contributed by atoms with Crippen molar-refractivity contribution in [1.29, 1.82) is 0 Å². The van der Waals surface area contributed by atoms with E-state index in [1.165, 1.54) is 5.57 Å². The number of hydrogen-bond donors (Lipinski definition) is 1. The van der Waals surface area contributed by atoms with Crippen LogP contribution >= 0.6 is 11.6 Å². The lowest BCUT2D eigenvalue weighted by Crippen LogP contribution is -2.46. The van der Waals surface area contributed by atoms with Crippen molar-refractivity contribution in [2.24, 2.45) is 5.41 Å². The van der Waals surface area contributed by atoms with Gasteiger partial charge in [-0.05, 0) is 70.5 Å². The quantitative estimate of drug-likeness (QED) is 0.866. The molecule has 0 radical (unpaired) electrons. The van der Waals surface area contributed by atoms with Crippen LogP contribution in [-0.2, 0) is 0 Å². The molecule has 0 bridgehead atoms. The van der Waals surface area contributed by atoms with E-state index in [4.69, 9.17) is 11.6 Å². The Balaban J connectivity index is 1.77. The number of allylic oxidation sites excluding steroid dienone is 3. The van der Waals surface area contributed by atoms with Crippen molar-refractivity contribution in [2.45, 2.75) is 32.6 Å². The van der Waals surface area contributed by atoms with Crippen LogP contribution in [0.2, 0.25) is 5.02 Å². The zero-order valence-corrected chi connectivity index (χ0v) is 15.9. The van der Waals surface area contributed by atoms with Gasteiger partial charge in [-0.2, -0.15) is 0 Å². The van der Waals surface area contributed by atoms with Gasteiger partial charge in [0.1, 0.15) is 0 Å². The molecule has 3 nitrogen and oxygen atoms in total. The van der Waals surface area contributed by atoms with E-state index in [-0.39, 0.29) is 11.3 Å². The second-order valence-electron chi connectivity index (χ2n) is 7.39. The van der Waals surface area contributed by atoms with Crippen LogP contribution in [0.3, 0.4) is 0 Å². The van der Waals surface area contributed by atoms with Crippen LogP contribution in [0.5, 0.6) is 0 Å². The lowest BCUT2D eigenvalue weighted by Gasteiger charge is -2.42. The van der Waals surface area contributed by atoms with Crippen LogP contribution < -0.4 is 5.32 Å². The first kappa shape index (κ1) is 18.2. The van der Waals surface area contributed by atoms with Gasteiger partial charge in [-0.1, -0.05) is 41.5 Å². The molecule has 0 aromatic heterocycles. The van der Waals surface area contributed by atoms with Crippen LogP contribution in [0.25, 0.3) is 0 Å². The Morgan fingerprint density at radius 1 is 1.28 bits per heavy atom. The number of likely N-dealkylation sites (tertiary alicyclic amines) is 1. The van der Waals surface area contributed by atoms with Crippen molar-refractivity contribution < 1.29 is 4.79 Å². The molecule has 2 aliphatic rings. The van der Waals surface area contributed by atoms with Crippen molar-refractivity contribution >= 4 is 17.5 Å².